The van der Waals surface area contributed by atoms with Crippen molar-refractivity contribution in [2.45, 2.75) is 17.1 Å². The van der Waals surface area contributed by atoms with Gasteiger partial charge in [0.15, 0.2) is 5.16 Å². The molecule has 13 heavy (non-hydrogen) atoms. The van der Waals surface area contributed by atoms with Crippen molar-refractivity contribution in [3.63, 3.8) is 0 Å². The van der Waals surface area contributed by atoms with E-state index in [1.54, 1.807) is 0 Å². The van der Waals surface area contributed by atoms with Crippen molar-refractivity contribution >= 4 is 11.8 Å². The van der Waals surface area contributed by atoms with Gasteiger partial charge in [0, 0.05) is 5.69 Å². The zero-order valence-electron chi connectivity index (χ0n) is 6.93. The highest BCUT2D eigenvalue weighted by Crippen LogP contribution is 2.20. The number of H-pyrrole nitrogens is 1. The molecule has 2 aromatic rings. The van der Waals surface area contributed by atoms with Crippen LogP contribution in [-0.4, -0.2) is 25.1 Å². The maximum absolute atomic E-state index is 4.08. The molecule has 2 heterocycles. The Balaban J connectivity index is 2.19. The first kappa shape index (κ1) is 8.18. The largest absolute Gasteiger partial charge is 0.254 e. The zero-order valence-corrected chi connectivity index (χ0v) is 7.75. The highest BCUT2D eigenvalue weighted by Gasteiger charge is 2.00. The molecule has 0 unspecified atom stereocenters. The number of aromatic amines is 1. The third-order valence-corrected chi connectivity index (χ3v) is 2.20. The average molecular weight is 193 g/mol. The molecule has 0 saturated heterocycles. The number of aromatic nitrogens is 5. The number of hydrogen-bond acceptors (Lipinski definition) is 5. The predicted octanol–water partition coefficient (Wildman–Crippen LogP) is 1.05. The number of rotatable bonds is 2. The Hall–Kier alpha value is -1.43. The predicted molar refractivity (Wildman–Crippen MR) is 47.3 cm³/mol. The second-order valence-electron chi connectivity index (χ2n) is 2.39. The third-order valence-electron chi connectivity index (χ3n) is 1.37. The summed E-state index contributed by atoms with van der Waals surface area (Å²) in [5, 5.41) is 8.09. The van der Waals surface area contributed by atoms with Crippen LogP contribution in [0.15, 0.2) is 28.9 Å². The van der Waals surface area contributed by atoms with E-state index in [2.05, 4.69) is 25.1 Å². The monoisotopic (exact) mass is 193 g/mol. The lowest BCUT2D eigenvalue weighted by Crippen LogP contribution is -1.86. The van der Waals surface area contributed by atoms with Crippen LogP contribution < -0.4 is 0 Å². The summed E-state index contributed by atoms with van der Waals surface area (Å²) in [7, 11) is 0. The van der Waals surface area contributed by atoms with Crippen LogP contribution in [-0.2, 0) is 0 Å². The van der Waals surface area contributed by atoms with Crippen molar-refractivity contribution in [1.29, 1.82) is 0 Å². The molecule has 0 atom stereocenters. The van der Waals surface area contributed by atoms with E-state index in [0.29, 0.717) is 0 Å². The van der Waals surface area contributed by atoms with Gasteiger partial charge in [-0.05, 0) is 24.8 Å². The summed E-state index contributed by atoms with van der Waals surface area (Å²) >= 11 is 1.43. The van der Waals surface area contributed by atoms with Crippen LogP contribution in [0.4, 0.5) is 0 Å². The van der Waals surface area contributed by atoms with Crippen molar-refractivity contribution in [3.8, 4) is 0 Å². The number of hydrogen-bond donors (Lipinski definition) is 1. The molecule has 0 saturated carbocycles. The Morgan fingerprint density at radius 2 is 2.15 bits per heavy atom. The normalized spacial score (nSPS) is 10.2. The molecular weight excluding hydrogens is 186 g/mol. The van der Waals surface area contributed by atoms with Gasteiger partial charge < -0.3 is 0 Å². The van der Waals surface area contributed by atoms with Crippen LogP contribution in [0.5, 0.6) is 0 Å². The van der Waals surface area contributed by atoms with Gasteiger partial charge in [0.1, 0.15) is 17.7 Å². The first-order valence-corrected chi connectivity index (χ1v) is 4.48. The van der Waals surface area contributed by atoms with E-state index in [9.17, 15) is 0 Å². The second kappa shape index (κ2) is 3.53. The quantitative estimate of drug-likeness (QED) is 0.722. The molecule has 0 aliphatic heterocycles. The highest BCUT2D eigenvalue weighted by atomic mass is 32.2. The SMILES string of the molecule is Cc1cc(Sc2ncn[nH]2)ncn1. The molecule has 0 spiro atoms. The summed E-state index contributed by atoms with van der Waals surface area (Å²) in [6.45, 7) is 1.92. The van der Waals surface area contributed by atoms with E-state index >= 15 is 0 Å². The van der Waals surface area contributed by atoms with Gasteiger partial charge in [0.05, 0.1) is 0 Å². The molecule has 5 nitrogen and oxygen atoms in total. The van der Waals surface area contributed by atoms with Gasteiger partial charge in [-0.2, -0.15) is 5.10 Å². The third kappa shape index (κ3) is 2.03. The van der Waals surface area contributed by atoms with Gasteiger partial charge in [0.2, 0.25) is 0 Å². The minimum atomic E-state index is 0.734. The van der Waals surface area contributed by atoms with Crippen LogP contribution in [0.2, 0.25) is 0 Å². The Kier molecular flexibility index (Phi) is 2.22. The standard InChI is InChI=1S/C7H7N5S/c1-5-2-6(9-3-8-5)13-7-10-4-11-12-7/h2-4H,1H3,(H,10,11,12). The summed E-state index contributed by atoms with van der Waals surface area (Å²) in [5.74, 6) is 0. The van der Waals surface area contributed by atoms with E-state index < -0.39 is 0 Å². The van der Waals surface area contributed by atoms with Crippen molar-refractivity contribution < 1.29 is 0 Å². The number of nitrogens with zero attached hydrogens (tertiary/aromatic N) is 4. The Bertz CT molecular complexity index is 386. The smallest absolute Gasteiger partial charge is 0.189 e. The van der Waals surface area contributed by atoms with Crippen LogP contribution >= 0.6 is 11.8 Å². The minimum absolute atomic E-state index is 0.734. The van der Waals surface area contributed by atoms with Gasteiger partial charge >= 0.3 is 0 Å². The summed E-state index contributed by atoms with van der Waals surface area (Å²) in [5.41, 5.74) is 0.942. The molecule has 0 aliphatic rings. The fraction of sp³-hybridized carbons (Fsp3) is 0.143. The molecule has 2 rings (SSSR count). The summed E-state index contributed by atoms with van der Waals surface area (Å²) < 4.78 is 0. The molecule has 66 valence electrons. The van der Waals surface area contributed by atoms with Gasteiger partial charge in [-0.25, -0.2) is 15.0 Å². The molecule has 0 bridgehead atoms. The Labute approximate surface area is 79.0 Å². The molecule has 0 aromatic carbocycles. The van der Waals surface area contributed by atoms with Crippen LogP contribution in [0, 0.1) is 6.92 Å². The van der Waals surface area contributed by atoms with E-state index in [4.69, 9.17) is 0 Å². The molecule has 0 amide bonds. The highest BCUT2D eigenvalue weighted by molar-refractivity contribution is 7.99. The van der Waals surface area contributed by atoms with Crippen molar-refractivity contribution in [2.24, 2.45) is 0 Å². The molecule has 0 aliphatic carbocycles. The first-order valence-electron chi connectivity index (χ1n) is 3.66. The number of nitrogens with one attached hydrogen (secondary N) is 1. The molecule has 1 N–H and O–H groups in total. The summed E-state index contributed by atoms with van der Waals surface area (Å²) in [4.78, 5) is 12.1. The van der Waals surface area contributed by atoms with Gasteiger partial charge in [-0.15, -0.1) is 0 Å². The summed E-state index contributed by atoms with van der Waals surface area (Å²) in [6, 6.07) is 1.90. The lowest BCUT2D eigenvalue weighted by molar-refractivity contribution is 0.956. The fourth-order valence-electron chi connectivity index (χ4n) is 0.828. The molecule has 6 heteroatoms. The van der Waals surface area contributed by atoms with Crippen molar-refractivity contribution in [1.82, 2.24) is 25.1 Å². The van der Waals surface area contributed by atoms with E-state index in [0.717, 1.165) is 15.9 Å². The summed E-state index contributed by atoms with van der Waals surface area (Å²) in [6.07, 6.45) is 3.00. The average Bonchev–Trinajstić information content (AvgIpc) is 2.57. The number of aryl methyl sites for hydroxylation is 1. The molecular formula is C7H7N5S. The van der Waals surface area contributed by atoms with Crippen LogP contribution in [0.3, 0.4) is 0 Å². The van der Waals surface area contributed by atoms with Crippen LogP contribution in [0.1, 0.15) is 5.69 Å². The molecule has 0 radical (unpaired) electrons. The van der Waals surface area contributed by atoms with E-state index in [1.165, 1.54) is 24.4 Å². The lowest BCUT2D eigenvalue weighted by atomic mass is 10.5. The second-order valence-corrected chi connectivity index (χ2v) is 3.40. The van der Waals surface area contributed by atoms with Crippen molar-refractivity contribution in [3.05, 3.63) is 24.4 Å². The minimum Gasteiger partial charge on any atom is -0.254 e. The fourth-order valence-corrected chi connectivity index (χ4v) is 1.55. The molecule has 0 fully saturated rings. The Morgan fingerprint density at radius 1 is 1.23 bits per heavy atom. The van der Waals surface area contributed by atoms with Gasteiger partial charge in [0.25, 0.3) is 0 Å². The maximum Gasteiger partial charge on any atom is 0.189 e. The van der Waals surface area contributed by atoms with Crippen LogP contribution in [0.25, 0.3) is 0 Å². The zero-order chi connectivity index (χ0) is 9.10. The maximum atomic E-state index is 4.08. The van der Waals surface area contributed by atoms with E-state index in [-0.39, 0.29) is 0 Å². The van der Waals surface area contributed by atoms with Crippen molar-refractivity contribution in [2.75, 3.05) is 0 Å². The van der Waals surface area contributed by atoms with Gasteiger partial charge in [-0.3, -0.25) is 5.10 Å². The topological polar surface area (TPSA) is 67.3 Å². The molecule has 2 aromatic heterocycles. The Morgan fingerprint density at radius 3 is 2.85 bits per heavy atom. The van der Waals surface area contributed by atoms with E-state index in [1.807, 2.05) is 13.0 Å². The lowest BCUT2D eigenvalue weighted by Gasteiger charge is -1.96. The first-order chi connectivity index (χ1) is 6.34. The van der Waals surface area contributed by atoms with Gasteiger partial charge in [-0.1, -0.05) is 0 Å².